The first-order chi connectivity index (χ1) is 16.8. The van der Waals surface area contributed by atoms with Gasteiger partial charge in [-0.3, -0.25) is 19.1 Å². The van der Waals surface area contributed by atoms with Crippen LogP contribution in [0.5, 0.6) is 5.75 Å². The number of allylic oxidation sites excluding steroid dienone is 1. The molecule has 1 unspecified atom stereocenters. The van der Waals surface area contributed by atoms with Crippen molar-refractivity contribution in [1.82, 2.24) is 14.3 Å². The average molecular weight is 510 g/mol. The van der Waals surface area contributed by atoms with Crippen LogP contribution < -0.4 is 20.7 Å². The molecule has 0 amide bonds. The molecule has 0 bridgehead atoms. The van der Waals surface area contributed by atoms with E-state index < -0.39 is 21.3 Å². The molecule has 0 fully saturated rings. The maximum atomic E-state index is 12.6. The molecule has 1 heterocycles. The summed E-state index contributed by atoms with van der Waals surface area (Å²) in [7, 11) is -1.77. The Hall–Kier alpha value is -3.59. The summed E-state index contributed by atoms with van der Waals surface area (Å²) in [5.74, 6) is 0.614. The van der Waals surface area contributed by atoms with Gasteiger partial charge in [0.05, 0.1) is 19.1 Å². The van der Waals surface area contributed by atoms with Gasteiger partial charge in [-0.15, -0.1) is 0 Å². The zero-order chi connectivity index (χ0) is 26.4. The van der Waals surface area contributed by atoms with Crippen molar-refractivity contribution in [3.63, 3.8) is 0 Å². The number of H-pyrrole nitrogens is 1. The van der Waals surface area contributed by atoms with Gasteiger partial charge in [-0.05, 0) is 47.1 Å². The Balaban J connectivity index is 1.87. The van der Waals surface area contributed by atoms with Crippen LogP contribution >= 0.6 is 0 Å². The third kappa shape index (κ3) is 5.02. The van der Waals surface area contributed by atoms with Gasteiger partial charge in [0.15, 0.2) is 0 Å². The van der Waals surface area contributed by atoms with E-state index >= 15 is 0 Å². The minimum Gasteiger partial charge on any atom is -0.496 e. The lowest BCUT2D eigenvalue weighted by atomic mass is 9.83. The molecule has 36 heavy (non-hydrogen) atoms. The number of aryl methyl sites for hydroxylation is 1. The number of nitrogens with one attached hydrogen (secondary N) is 2. The fraction of sp³-hybridized carbons (Fsp3) is 0.333. The van der Waals surface area contributed by atoms with Gasteiger partial charge in [0.2, 0.25) is 10.0 Å². The second-order valence-electron chi connectivity index (χ2n) is 10.2. The van der Waals surface area contributed by atoms with E-state index in [-0.39, 0.29) is 11.3 Å². The van der Waals surface area contributed by atoms with E-state index in [9.17, 15) is 18.0 Å². The maximum Gasteiger partial charge on any atom is 0.332 e. The molecule has 8 nitrogen and oxygen atoms in total. The van der Waals surface area contributed by atoms with Crippen molar-refractivity contribution in [3.05, 3.63) is 92.4 Å². The lowest BCUT2D eigenvalue weighted by molar-refractivity contribution is 0.399. The van der Waals surface area contributed by atoms with Crippen LogP contribution in [0.2, 0.25) is 0 Å². The molecular formula is C27H31N3O5S. The Morgan fingerprint density at radius 1 is 1.17 bits per heavy atom. The van der Waals surface area contributed by atoms with Crippen LogP contribution in [0.4, 0.5) is 0 Å². The fourth-order valence-electron chi connectivity index (χ4n) is 4.82. The molecule has 0 saturated heterocycles. The summed E-state index contributed by atoms with van der Waals surface area (Å²) in [4.78, 5) is 26.5. The Kier molecular flexibility index (Phi) is 6.47. The Labute approximate surface area is 210 Å². The highest BCUT2D eigenvalue weighted by atomic mass is 32.2. The first-order valence-corrected chi connectivity index (χ1v) is 13.5. The zero-order valence-electron chi connectivity index (χ0n) is 21.1. The van der Waals surface area contributed by atoms with Crippen molar-refractivity contribution in [2.24, 2.45) is 0 Å². The summed E-state index contributed by atoms with van der Waals surface area (Å²) in [5, 5.41) is 0. The number of nitrogens with zero attached hydrogens (tertiary/aromatic N) is 1. The summed E-state index contributed by atoms with van der Waals surface area (Å²) in [6, 6.07) is 11.2. The molecule has 1 atom stereocenters. The summed E-state index contributed by atoms with van der Waals surface area (Å²) in [6.45, 7) is 10.2. The SMILES string of the molecule is C=C(NS(C)(=O)=O)C1CCc2cc(-c3cc(-n4ccc(=O)[nH]c4=O)cc(C(C)(C)C)c3OC)ccc21. The number of aromatic amines is 1. The Bertz CT molecular complexity index is 1580. The van der Waals surface area contributed by atoms with Gasteiger partial charge in [0, 0.05) is 35.0 Å². The third-order valence-electron chi connectivity index (χ3n) is 6.46. The van der Waals surface area contributed by atoms with Crippen LogP contribution in [0.25, 0.3) is 16.8 Å². The van der Waals surface area contributed by atoms with Crippen molar-refractivity contribution in [3.8, 4) is 22.6 Å². The molecule has 4 rings (SSSR count). The molecule has 2 aromatic carbocycles. The first-order valence-electron chi connectivity index (χ1n) is 11.6. The number of rotatable bonds is 6. The number of methoxy groups -OCH3 is 1. The predicted molar refractivity (Wildman–Crippen MR) is 142 cm³/mol. The van der Waals surface area contributed by atoms with Gasteiger partial charge >= 0.3 is 5.69 Å². The predicted octanol–water partition coefficient (Wildman–Crippen LogP) is 3.59. The molecule has 0 saturated carbocycles. The molecule has 0 aliphatic heterocycles. The van der Waals surface area contributed by atoms with Crippen LogP contribution in [0, 0.1) is 0 Å². The molecule has 0 spiro atoms. The summed E-state index contributed by atoms with van der Waals surface area (Å²) >= 11 is 0. The van der Waals surface area contributed by atoms with Gasteiger partial charge in [0.1, 0.15) is 5.75 Å². The van der Waals surface area contributed by atoms with E-state index in [1.54, 1.807) is 7.11 Å². The second-order valence-corrected chi connectivity index (χ2v) is 12.0. The van der Waals surface area contributed by atoms with Crippen LogP contribution in [0.15, 0.2) is 64.5 Å². The normalized spacial score (nSPS) is 15.4. The van der Waals surface area contributed by atoms with Gasteiger partial charge in [-0.2, -0.15) is 0 Å². The lowest BCUT2D eigenvalue weighted by Gasteiger charge is -2.26. The quantitative estimate of drug-likeness (QED) is 0.528. The lowest BCUT2D eigenvalue weighted by Crippen LogP contribution is -2.27. The highest BCUT2D eigenvalue weighted by Crippen LogP contribution is 2.44. The van der Waals surface area contributed by atoms with Crippen LogP contribution in [-0.2, 0) is 21.9 Å². The number of benzene rings is 2. The van der Waals surface area contributed by atoms with E-state index in [4.69, 9.17) is 4.74 Å². The van der Waals surface area contributed by atoms with Crippen molar-refractivity contribution in [2.75, 3.05) is 13.4 Å². The van der Waals surface area contributed by atoms with Crippen molar-refractivity contribution >= 4 is 10.0 Å². The topological polar surface area (TPSA) is 110 Å². The molecule has 3 aromatic rings. The van der Waals surface area contributed by atoms with E-state index in [0.29, 0.717) is 17.1 Å². The molecule has 190 valence electrons. The number of hydrogen-bond acceptors (Lipinski definition) is 5. The summed E-state index contributed by atoms with van der Waals surface area (Å²) in [6.07, 6.45) is 4.13. The summed E-state index contributed by atoms with van der Waals surface area (Å²) < 4.78 is 33.2. The monoisotopic (exact) mass is 509 g/mol. The maximum absolute atomic E-state index is 12.6. The summed E-state index contributed by atoms with van der Waals surface area (Å²) in [5.41, 5.74) is 4.61. The minimum absolute atomic E-state index is 0.0955. The standard InChI is InChI=1S/C27H31N3O5S/c1-16(29-36(6,33)34)20-9-7-17-13-18(8-10-21(17)20)22-14-19(30-12-11-24(31)28-26(30)32)15-23(25(22)35-5)27(2,3)4/h8,10-15,20,29H,1,7,9H2,2-6H3,(H,28,31,32). The average Bonchev–Trinajstić information content (AvgIpc) is 3.20. The van der Waals surface area contributed by atoms with E-state index in [1.165, 1.54) is 16.8 Å². The Morgan fingerprint density at radius 2 is 1.89 bits per heavy atom. The number of aromatic nitrogens is 2. The van der Waals surface area contributed by atoms with Crippen molar-refractivity contribution < 1.29 is 13.2 Å². The Morgan fingerprint density at radius 3 is 2.50 bits per heavy atom. The van der Waals surface area contributed by atoms with Gasteiger partial charge < -0.3 is 4.74 Å². The van der Waals surface area contributed by atoms with Crippen molar-refractivity contribution in [2.45, 2.75) is 44.9 Å². The van der Waals surface area contributed by atoms with Crippen LogP contribution in [0.3, 0.4) is 0 Å². The molecule has 0 radical (unpaired) electrons. The number of sulfonamides is 1. The molecule has 1 aliphatic carbocycles. The van der Waals surface area contributed by atoms with E-state index in [1.807, 2.05) is 24.3 Å². The van der Waals surface area contributed by atoms with Crippen molar-refractivity contribution in [1.29, 1.82) is 0 Å². The number of ether oxygens (including phenoxy) is 1. The first kappa shape index (κ1) is 25.5. The molecule has 2 N–H and O–H groups in total. The van der Waals surface area contributed by atoms with Gasteiger partial charge in [-0.25, -0.2) is 13.2 Å². The third-order valence-corrected chi connectivity index (χ3v) is 7.09. The number of fused-ring (bicyclic) bond motifs is 1. The molecule has 1 aliphatic rings. The molecule has 1 aromatic heterocycles. The molecular weight excluding hydrogens is 478 g/mol. The largest absolute Gasteiger partial charge is 0.496 e. The minimum atomic E-state index is -3.40. The zero-order valence-corrected chi connectivity index (χ0v) is 22.0. The molecule has 9 heteroatoms. The van der Waals surface area contributed by atoms with Crippen LogP contribution in [0.1, 0.15) is 49.8 Å². The van der Waals surface area contributed by atoms with Gasteiger partial charge in [-0.1, -0.05) is 45.5 Å². The highest BCUT2D eigenvalue weighted by Gasteiger charge is 2.28. The fourth-order valence-corrected chi connectivity index (χ4v) is 5.44. The van der Waals surface area contributed by atoms with E-state index in [0.717, 1.165) is 46.9 Å². The van der Waals surface area contributed by atoms with Crippen LogP contribution in [-0.4, -0.2) is 31.3 Å². The van der Waals surface area contributed by atoms with E-state index in [2.05, 4.69) is 43.1 Å². The highest BCUT2D eigenvalue weighted by molar-refractivity contribution is 7.88. The van der Waals surface area contributed by atoms with Gasteiger partial charge in [0.25, 0.3) is 5.56 Å². The number of hydrogen-bond donors (Lipinski definition) is 2. The second kappa shape index (κ2) is 9.13. The smallest absolute Gasteiger partial charge is 0.332 e.